The smallest absolute Gasteiger partial charge is 1.00 e. The molecule has 3 heteroatoms. The van der Waals surface area contributed by atoms with Crippen LogP contribution in [-0.2, 0) is 20.3 Å². The summed E-state index contributed by atoms with van der Waals surface area (Å²) in [5.41, 5.74) is 9.60. The van der Waals surface area contributed by atoms with Gasteiger partial charge in [-0.2, -0.15) is 0 Å². The summed E-state index contributed by atoms with van der Waals surface area (Å²) in [6.07, 6.45) is 6.43. The van der Waals surface area contributed by atoms with Crippen LogP contribution in [-0.4, -0.2) is 0 Å². The topological polar surface area (TPSA) is 0 Å². The second-order valence-corrected chi connectivity index (χ2v) is 20.4. The molecule has 3 unspecified atom stereocenters. The molecule has 2 aliphatic carbocycles. The third-order valence-corrected chi connectivity index (χ3v) is 24.4. The van der Waals surface area contributed by atoms with Crippen LogP contribution in [0.15, 0.2) is 59.7 Å². The number of hydrogen-bond acceptors (Lipinski definition) is 0. The number of allylic oxidation sites excluding steroid dienone is 2. The van der Waals surface area contributed by atoms with Crippen molar-refractivity contribution in [2.24, 2.45) is 0 Å². The standard InChI is InChI=1S/2C10H9.C4H8.2ClH.Zr/c2*1-8-6-9-4-2-3-5-10(9)7-8;1-3-4-2;;;/h2*2-7H,1H3;4H,1,3H2,2H3;2*1H;/q;;;;;+2/p-2. The Balaban J connectivity index is 0.00000105. The molecule has 0 aromatic heterocycles. The van der Waals surface area contributed by atoms with Crippen LogP contribution < -0.4 is 24.8 Å². The molecule has 0 spiro atoms. The molecule has 2 aromatic carbocycles. The Morgan fingerprint density at radius 3 is 1.56 bits per heavy atom. The third kappa shape index (κ3) is 2.88. The van der Waals surface area contributed by atoms with Crippen LogP contribution in [0.4, 0.5) is 0 Å². The van der Waals surface area contributed by atoms with Crippen LogP contribution in [0.1, 0.15) is 56.7 Å². The predicted octanol–water partition coefficient (Wildman–Crippen LogP) is 1.10. The van der Waals surface area contributed by atoms with Crippen molar-refractivity contribution in [1.82, 2.24) is 0 Å². The predicted molar refractivity (Wildman–Crippen MR) is 105 cm³/mol. The number of rotatable bonds is 2. The first kappa shape index (κ1) is 21.1. The molecule has 2 aromatic rings. The summed E-state index contributed by atoms with van der Waals surface area (Å²) in [6.45, 7) is 7.41. The molecule has 0 radical (unpaired) electrons. The minimum atomic E-state index is -2.51. The van der Waals surface area contributed by atoms with Crippen molar-refractivity contribution < 1.29 is 45.1 Å². The van der Waals surface area contributed by atoms with Gasteiger partial charge in [-0.1, -0.05) is 0 Å². The van der Waals surface area contributed by atoms with Gasteiger partial charge in [0, 0.05) is 0 Å². The van der Waals surface area contributed by atoms with E-state index < -0.39 is 20.3 Å². The molecular weight excluding hydrogens is 450 g/mol. The third-order valence-electron chi connectivity index (χ3n) is 7.29. The summed E-state index contributed by atoms with van der Waals surface area (Å²) in [7, 11) is 0. The Kier molecular flexibility index (Phi) is 5.99. The molecule has 27 heavy (non-hydrogen) atoms. The Labute approximate surface area is 180 Å². The van der Waals surface area contributed by atoms with Crippen LogP contribution in [0.25, 0.3) is 12.2 Å². The zero-order valence-corrected chi connectivity index (χ0v) is 20.1. The van der Waals surface area contributed by atoms with Gasteiger partial charge in [0.2, 0.25) is 0 Å². The average Bonchev–Trinajstić information content (AvgIpc) is 3.12. The first-order chi connectivity index (χ1) is 12.1. The first-order valence-electron chi connectivity index (χ1n) is 9.67. The van der Waals surface area contributed by atoms with E-state index in [9.17, 15) is 0 Å². The van der Waals surface area contributed by atoms with E-state index in [4.69, 9.17) is 0 Å². The molecule has 0 nitrogen and oxygen atoms in total. The molecular formula is C24H26Cl2Zr. The van der Waals surface area contributed by atoms with Gasteiger partial charge in [-0.3, -0.25) is 0 Å². The summed E-state index contributed by atoms with van der Waals surface area (Å²) in [6, 6.07) is 18.4. The average molecular weight is 477 g/mol. The Hall–Kier alpha value is -0.617. The van der Waals surface area contributed by atoms with Crippen molar-refractivity contribution in [3.63, 3.8) is 0 Å². The molecule has 1 aliphatic heterocycles. The zero-order chi connectivity index (χ0) is 17.2. The van der Waals surface area contributed by atoms with Gasteiger partial charge in [-0.15, -0.1) is 0 Å². The number of hydrogen-bond donors (Lipinski definition) is 0. The van der Waals surface area contributed by atoms with Gasteiger partial charge in [-0.25, -0.2) is 0 Å². The van der Waals surface area contributed by atoms with E-state index in [0.29, 0.717) is 0 Å². The van der Waals surface area contributed by atoms with Crippen molar-refractivity contribution in [3.05, 3.63) is 81.9 Å². The largest absolute Gasteiger partial charge is 1.00 e. The van der Waals surface area contributed by atoms with E-state index in [1.54, 1.807) is 26.4 Å². The summed E-state index contributed by atoms with van der Waals surface area (Å²) < 4.78 is 4.06. The second-order valence-electron chi connectivity index (χ2n) is 8.45. The SMILES string of the molecule is CC1=Cc2ccccc2[CH]1[Zr+2]1([CH]2C(C)=Cc3ccccc32)[CH2]C[CH]1C.[Cl-].[Cl-]. The van der Waals surface area contributed by atoms with Crippen molar-refractivity contribution >= 4 is 12.2 Å². The van der Waals surface area contributed by atoms with Gasteiger partial charge in [0.05, 0.1) is 0 Å². The summed E-state index contributed by atoms with van der Waals surface area (Å²) in [5, 5.41) is 0. The number of benzene rings is 2. The molecule has 3 atom stereocenters. The first-order valence-corrected chi connectivity index (χ1v) is 15.7. The van der Waals surface area contributed by atoms with Crippen LogP contribution in [0.5, 0.6) is 0 Å². The maximum Gasteiger partial charge on any atom is -1.00 e. The number of fused-ring (bicyclic) bond motifs is 2. The molecule has 1 heterocycles. The maximum atomic E-state index is 2.59. The molecule has 0 bridgehead atoms. The van der Waals surface area contributed by atoms with E-state index in [1.165, 1.54) is 17.5 Å². The fraction of sp³-hybridized carbons (Fsp3) is 0.333. The maximum absolute atomic E-state index is 2.59. The molecule has 1 saturated heterocycles. The molecule has 140 valence electrons. The van der Waals surface area contributed by atoms with Crippen molar-refractivity contribution in [2.75, 3.05) is 0 Å². The molecule has 5 rings (SSSR count). The molecule has 1 fully saturated rings. The van der Waals surface area contributed by atoms with E-state index >= 15 is 0 Å². The number of halogens is 2. The Bertz CT molecular complexity index is 860. The molecule has 0 saturated carbocycles. The minimum Gasteiger partial charge on any atom is -1.00 e. The van der Waals surface area contributed by atoms with E-state index in [1.807, 2.05) is 0 Å². The van der Waals surface area contributed by atoms with Crippen LogP contribution in [0.3, 0.4) is 0 Å². The van der Waals surface area contributed by atoms with Gasteiger partial charge in [-0.05, 0) is 0 Å². The van der Waals surface area contributed by atoms with Gasteiger partial charge in [0.25, 0.3) is 0 Å². The molecule has 0 amide bonds. The monoisotopic (exact) mass is 474 g/mol. The van der Waals surface area contributed by atoms with E-state index in [-0.39, 0.29) is 24.8 Å². The summed E-state index contributed by atoms with van der Waals surface area (Å²) in [4.78, 5) is 0. The summed E-state index contributed by atoms with van der Waals surface area (Å²) >= 11 is -2.51. The van der Waals surface area contributed by atoms with Gasteiger partial charge >= 0.3 is 157 Å². The van der Waals surface area contributed by atoms with Crippen molar-refractivity contribution in [3.8, 4) is 0 Å². The fourth-order valence-electron chi connectivity index (χ4n) is 6.18. The quantitative estimate of drug-likeness (QED) is 0.609. The van der Waals surface area contributed by atoms with Crippen LogP contribution >= 0.6 is 0 Å². The van der Waals surface area contributed by atoms with Gasteiger partial charge < -0.3 is 24.8 Å². The van der Waals surface area contributed by atoms with Crippen molar-refractivity contribution in [1.29, 1.82) is 0 Å². The van der Waals surface area contributed by atoms with Crippen LogP contribution in [0.2, 0.25) is 7.75 Å². The van der Waals surface area contributed by atoms with Crippen LogP contribution in [0, 0.1) is 0 Å². The Morgan fingerprint density at radius 2 is 1.19 bits per heavy atom. The Morgan fingerprint density at radius 1 is 0.741 bits per heavy atom. The normalized spacial score (nSPS) is 27.7. The minimum absolute atomic E-state index is 0. The van der Waals surface area contributed by atoms with Gasteiger partial charge in [0.1, 0.15) is 0 Å². The fourth-order valence-corrected chi connectivity index (χ4v) is 23.7. The van der Waals surface area contributed by atoms with E-state index in [0.717, 1.165) is 10.9 Å². The zero-order valence-electron chi connectivity index (χ0n) is 16.2. The van der Waals surface area contributed by atoms with Crippen molar-refractivity contribution in [2.45, 2.75) is 42.2 Å². The van der Waals surface area contributed by atoms with Gasteiger partial charge in [0.15, 0.2) is 0 Å². The second kappa shape index (κ2) is 7.66. The summed E-state index contributed by atoms with van der Waals surface area (Å²) in [5.74, 6) is 0. The molecule has 0 N–H and O–H groups in total. The van der Waals surface area contributed by atoms with E-state index in [2.05, 4.69) is 81.5 Å². The molecule has 3 aliphatic rings.